The molecule has 3 heterocycles. The first-order valence-corrected chi connectivity index (χ1v) is 18.4. The van der Waals surface area contributed by atoms with Gasteiger partial charge in [0.15, 0.2) is 5.84 Å². The Bertz CT molecular complexity index is 2770. The topological polar surface area (TPSA) is 36.8 Å². The van der Waals surface area contributed by atoms with Crippen molar-refractivity contribution in [1.82, 2.24) is 5.32 Å². The molecule has 9 aromatic rings. The Balaban J connectivity index is 1.13. The third-order valence-corrected chi connectivity index (χ3v) is 11.9. The molecule has 1 N–H and O–H groups in total. The molecular weight excluding hydrogens is 647 g/mol. The number of hydrogen-bond acceptors (Lipinski definition) is 5. The number of fused-ring (bicyclic) bond motifs is 6. The number of hydrogen-bond donors (Lipinski definition) is 1. The molecule has 1 unspecified atom stereocenters. The van der Waals surface area contributed by atoms with Crippen LogP contribution in [0.5, 0.6) is 0 Å². The molecule has 2 aromatic heterocycles. The molecule has 10 rings (SSSR count). The molecule has 0 bridgehead atoms. The maximum absolute atomic E-state index is 5.36. The van der Waals surface area contributed by atoms with Gasteiger partial charge in [-0.15, -0.1) is 22.7 Å². The van der Waals surface area contributed by atoms with Crippen LogP contribution in [0.4, 0.5) is 0 Å². The zero-order chi connectivity index (χ0) is 33.0. The van der Waals surface area contributed by atoms with Crippen molar-refractivity contribution >= 4 is 74.7 Å². The van der Waals surface area contributed by atoms with Gasteiger partial charge in [0.05, 0.1) is 0 Å². The van der Waals surface area contributed by atoms with E-state index in [4.69, 9.17) is 9.98 Å². The summed E-state index contributed by atoms with van der Waals surface area (Å²) in [4.78, 5) is 10.6. The van der Waals surface area contributed by atoms with Crippen molar-refractivity contribution in [3.05, 3.63) is 180 Å². The molecular formula is C45H29N3S2. The van der Waals surface area contributed by atoms with Crippen LogP contribution in [-0.2, 0) is 0 Å². The maximum Gasteiger partial charge on any atom is 0.160 e. The van der Waals surface area contributed by atoms with Crippen molar-refractivity contribution in [2.75, 3.05) is 0 Å². The lowest BCUT2D eigenvalue weighted by atomic mass is 9.98. The Labute approximate surface area is 297 Å². The first-order valence-electron chi connectivity index (χ1n) is 16.8. The van der Waals surface area contributed by atoms with E-state index in [0.29, 0.717) is 0 Å². The van der Waals surface area contributed by atoms with Crippen molar-refractivity contribution in [2.45, 2.75) is 6.17 Å². The molecule has 50 heavy (non-hydrogen) atoms. The van der Waals surface area contributed by atoms with E-state index < -0.39 is 0 Å². The van der Waals surface area contributed by atoms with Gasteiger partial charge >= 0.3 is 0 Å². The van der Waals surface area contributed by atoms with Crippen molar-refractivity contribution in [3.8, 4) is 22.3 Å². The Kier molecular flexibility index (Phi) is 6.93. The molecule has 0 saturated heterocycles. The summed E-state index contributed by atoms with van der Waals surface area (Å²) in [5.41, 5.74) is 8.04. The van der Waals surface area contributed by atoms with Gasteiger partial charge < -0.3 is 5.32 Å². The minimum Gasteiger partial charge on any atom is -0.344 e. The summed E-state index contributed by atoms with van der Waals surface area (Å²) in [7, 11) is 0. The minimum atomic E-state index is -0.320. The van der Waals surface area contributed by atoms with E-state index in [1.54, 1.807) is 0 Å². The highest BCUT2D eigenvalue weighted by Gasteiger charge is 2.24. The fourth-order valence-electron chi connectivity index (χ4n) is 7.13. The molecule has 236 valence electrons. The van der Waals surface area contributed by atoms with Gasteiger partial charge in [0.2, 0.25) is 0 Å². The molecule has 0 spiro atoms. The second-order valence-corrected chi connectivity index (χ2v) is 14.7. The van der Waals surface area contributed by atoms with E-state index in [1.807, 2.05) is 22.7 Å². The van der Waals surface area contributed by atoms with Crippen LogP contribution in [0.25, 0.3) is 62.6 Å². The van der Waals surface area contributed by atoms with Gasteiger partial charge in [0.25, 0.3) is 0 Å². The third-order valence-electron chi connectivity index (χ3n) is 9.57. The van der Waals surface area contributed by atoms with E-state index >= 15 is 0 Å². The molecule has 1 aliphatic heterocycles. The second kappa shape index (κ2) is 11.9. The Morgan fingerprint density at radius 2 is 1.10 bits per heavy atom. The van der Waals surface area contributed by atoms with Gasteiger partial charge in [0, 0.05) is 51.5 Å². The fraction of sp³-hybridized carbons (Fsp3) is 0.0222. The van der Waals surface area contributed by atoms with Crippen LogP contribution in [0.1, 0.15) is 22.9 Å². The van der Waals surface area contributed by atoms with E-state index in [0.717, 1.165) is 28.4 Å². The maximum atomic E-state index is 5.36. The van der Waals surface area contributed by atoms with E-state index in [2.05, 4.69) is 169 Å². The van der Waals surface area contributed by atoms with Gasteiger partial charge in [-0.05, 0) is 58.1 Å². The molecule has 1 atom stereocenters. The van der Waals surface area contributed by atoms with Crippen molar-refractivity contribution in [3.63, 3.8) is 0 Å². The highest BCUT2D eigenvalue weighted by Crippen LogP contribution is 2.42. The highest BCUT2D eigenvalue weighted by atomic mass is 32.1. The monoisotopic (exact) mass is 675 g/mol. The van der Waals surface area contributed by atoms with Crippen LogP contribution in [-0.4, -0.2) is 11.7 Å². The Morgan fingerprint density at radius 3 is 1.94 bits per heavy atom. The van der Waals surface area contributed by atoms with Crippen molar-refractivity contribution < 1.29 is 0 Å². The van der Waals surface area contributed by atoms with Crippen LogP contribution in [0.15, 0.2) is 174 Å². The average molecular weight is 676 g/mol. The Hall–Kier alpha value is -5.88. The molecule has 0 fully saturated rings. The van der Waals surface area contributed by atoms with Gasteiger partial charge in [-0.1, -0.05) is 133 Å². The summed E-state index contributed by atoms with van der Waals surface area (Å²) in [5.74, 6) is 1.56. The van der Waals surface area contributed by atoms with Crippen molar-refractivity contribution in [2.24, 2.45) is 9.98 Å². The number of thiophene rings is 2. The van der Waals surface area contributed by atoms with E-state index in [1.165, 1.54) is 62.6 Å². The molecule has 0 amide bonds. The SMILES string of the molecule is c1ccc(-c2ccc(C3=NC(c4cccc5c4sc4ccccc45)=NC(c4ccc5sc6cccc(-c7ccccc7)c6c5c4)N3)cc2)cc1. The van der Waals surface area contributed by atoms with E-state index in [9.17, 15) is 0 Å². The summed E-state index contributed by atoms with van der Waals surface area (Å²) in [6.07, 6.45) is -0.320. The quantitative estimate of drug-likeness (QED) is 0.194. The van der Waals surface area contributed by atoms with Gasteiger partial charge in [-0.3, -0.25) is 0 Å². The molecule has 7 aromatic carbocycles. The number of nitrogens with one attached hydrogen (secondary N) is 1. The molecule has 0 aliphatic carbocycles. The van der Waals surface area contributed by atoms with Crippen molar-refractivity contribution in [1.29, 1.82) is 0 Å². The van der Waals surface area contributed by atoms with Crippen LogP contribution in [0.3, 0.4) is 0 Å². The fourth-order valence-corrected chi connectivity index (χ4v) is 9.46. The van der Waals surface area contributed by atoms with Crippen LogP contribution < -0.4 is 5.32 Å². The highest BCUT2D eigenvalue weighted by molar-refractivity contribution is 7.26. The standard InChI is InChI=1S/C45H29N3S2/c1-3-11-28(12-4-1)29-21-23-31(24-22-29)43-46-44(48-45(47-43)36-18-9-17-35-34-15-7-8-19-38(34)50-42(35)36)32-25-26-39-37(27-32)41-33(16-10-20-40(41)49-39)30-13-5-2-6-14-30/h1-27,44H,(H,46,47,48). The van der Waals surface area contributed by atoms with Crippen LogP contribution >= 0.6 is 22.7 Å². The van der Waals surface area contributed by atoms with Crippen LogP contribution in [0.2, 0.25) is 0 Å². The lowest BCUT2D eigenvalue weighted by Crippen LogP contribution is -2.33. The molecule has 5 heteroatoms. The number of nitrogens with zero attached hydrogens (tertiary/aromatic N) is 2. The Morgan fingerprint density at radius 1 is 0.460 bits per heavy atom. The first-order chi connectivity index (χ1) is 24.8. The zero-order valence-electron chi connectivity index (χ0n) is 26.9. The predicted octanol–water partition coefficient (Wildman–Crippen LogP) is 12.3. The number of amidine groups is 2. The predicted molar refractivity (Wildman–Crippen MR) is 215 cm³/mol. The number of rotatable bonds is 5. The largest absolute Gasteiger partial charge is 0.344 e. The van der Waals surface area contributed by atoms with Gasteiger partial charge in [-0.2, -0.15) is 0 Å². The zero-order valence-corrected chi connectivity index (χ0v) is 28.5. The smallest absolute Gasteiger partial charge is 0.160 e. The minimum absolute atomic E-state index is 0.320. The van der Waals surface area contributed by atoms with Gasteiger partial charge in [-0.25, -0.2) is 9.98 Å². The summed E-state index contributed by atoms with van der Waals surface area (Å²) in [6, 6.07) is 58.5. The summed E-state index contributed by atoms with van der Waals surface area (Å²) in [6.45, 7) is 0. The summed E-state index contributed by atoms with van der Waals surface area (Å²) in [5, 5.41) is 8.79. The van der Waals surface area contributed by atoms with E-state index in [-0.39, 0.29) is 6.17 Å². The summed E-state index contributed by atoms with van der Waals surface area (Å²) < 4.78 is 5.04. The third kappa shape index (κ3) is 4.94. The first kappa shape index (κ1) is 29.1. The molecule has 0 radical (unpaired) electrons. The van der Waals surface area contributed by atoms with Crippen LogP contribution in [0, 0.1) is 0 Å². The second-order valence-electron chi connectivity index (χ2n) is 12.6. The van der Waals surface area contributed by atoms with Gasteiger partial charge in [0.1, 0.15) is 12.0 Å². The normalized spacial score (nSPS) is 14.6. The average Bonchev–Trinajstić information content (AvgIpc) is 3.77. The molecule has 0 saturated carbocycles. The molecule has 1 aliphatic rings. The molecule has 3 nitrogen and oxygen atoms in total. The number of aliphatic imine (C=N–C) groups is 2. The number of benzene rings is 7. The lowest BCUT2D eigenvalue weighted by Gasteiger charge is -2.24. The summed E-state index contributed by atoms with van der Waals surface area (Å²) >= 11 is 3.66. The lowest BCUT2D eigenvalue weighted by molar-refractivity contribution is 0.675.